The summed E-state index contributed by atoms with van der Waals surface area (Å²) in [6.07, 6.45) is 3.96. The van der Waals surface area contributed by atoms with Crippen LogP contribution >= 0.6 is 0 Å². The molecule has 5 heteroatoms. The Balaban J connectivity index is 1.28. The van der Waals surface area contributed by atoms with E-state index in [1.165, 1.54) is 35.8 Å². The maximum atomic E-state index is 12.7. The number of hydrogen-bond donors (Lipinski definition) is 1. The first-order valence-corrected chi connectivity index (χ1v) is 10.8. The molecule has 156 valence electrons. The monoisotopic (exact) mass is 405 g/mol. The molecule has 5 rings (SSSR count). The van der Waals surface area contributed by atoms with Crippen LogP contribution in [-0.2, 0) is 14.3 Å². The molecule has 2 aromatic rings. The van der Waals surface area contributed by atoms with E-state index in [2.05, 4.69) is 29.6 Å². The van der Waals surface area contributed by atoms with Crippen molar-refractivity contribution in [2.45, 2.75) is 37.6 Å². The van der Waals surface area contributed by atoms with Gasteiger partial charge in [-0.2, -0.15) is 0 Å². The van der Waals surface area contributed by atoms with Crippen LogP contribution < -0.4 is 5.32 Å². The molecule has 5 nitrogen and oxygen atoms in total. The van der Waals surface area contributed by atoms with Crippen molar-refractivity contribution in [1.82, 2.24) is 5.32 Å². The van der Waals surface area contributed by atoms with Crippen LogP contribution in [0.1, 0.15) is 42.7 Å². The van der Waals surface area contributed by atoms with Crippen LogP contribution in [0.5, 0.6) is 0 Å². The second kappa shape index (κ2) is 7.78. The number of alkyl carbamates (subject to hydrolysis) is 1. The average Bonchev–Trinajstić information content (AvgIpc) is 3.49. The van der Waals surface area contributed by atoms with E-state index in [4.69, 9.17) is 9.47 Å². The van der Waals surface area contributed by atoms with Crippen molar-refractivity contribution in [3.63, 3.8) is 0 Å². The molecule has 1 amide bonds. The summed E-state index contributed by atoms with van der Waals surface area (Å²) in [5.74, 6) is 0.949. The van der Waals surface area contributed by atoms with Gasteiger partial charge in [0.05, 0.1) is 7.11 Å². The van der Waals surface area contributed by atoms with E-state index in [0.29, 0.717) is 11.8 Å². The van der Waals surface area contributed by atoms with Gasteiger partial charge in [-0.1, -0.05) is 55.0 Å². The standard InChI is InChI=1S/C25H27NO4/c1-29-24(27)23(21-13-15-10-11-16(21)12-15)26-25(28)30-14-22-19-8-4-2-6-17(19)18-7-3-5-9-20(18)22/h2-9,15-16,21-23H,10-14H2,1H3,(H,26,28). The summed E-state index contributed by atoms with van der Waals surface area (Å²) >= 11 is 0. The second-order valence-electron chi connectivity index (χ2n) is 8.81. The minimum Gasteiger partial charge on any atom is -0.467 e. The van der Waals surface area contributed by atoms with Gasteiger partial charge >= 0.3 is 12.1 Å². The number of hydrogen-bond acceptors (Lipinski definition) is 4. The Kier molecular flexibility index (Phi) is 4.97. The molecule has 2 aromatic carbocycles. The lowest BCUT2D eigenvalue weighted by atomic mass is 9.83. The van der Waals surface area contributed by atoms with Gasteiger partial charge in [-0.25, -0.2) is 9.59 Å². The fourth-order valence-electron chi connectivity index (χ4n) is 5.94. The minimum absolute atomic E-state index is 0.00206. The Labute approximate surface area is 176 Å². The van der Waals surface area contributed by atoms with Crippen molar-refractivity contribution in [2.24, 2.45) is 17.8 Å². The number of carbonyl (C=O) groups excluding carboxylic acids is 2. The zero-order valence-corrected chi connectivity index (χ0v) is 17.2. The predicted molar refractivity (Wildman–Crippen MR) is 113 cm³/mol. The number of benzene rings is 2. The fraction of sp³-hybridized carbons (Fsp3) is 0.440. The molecule has 4 atom stereocenters. The van der Waals surface area contributed by atoms with E-state index >= 15 is 0 Å². The minimum atomic E-state index is -0.624. The Hall–Kier alpha value is -2.82. The summed E-state index contributed by atoms with van der Waals surface area (Å²) in [5, 5.41) is 2.83. The topological polar surface area (TPSA) is 64.6 Å². The van der Waals surface area contributed by atoms with Gasteiger partial charge in [-0.15, -0.1) is 0 Å². The normalized spacial score (nSPS) is 24.8. The molecule has 0 heterocycles. The van der Waals surface area contributed by atoms with Crippen molar-refractivity contribution in [2.75, 3.05) is 13.7 Å². The van der Waals surface area contributed by atoms with Gasteiger partial charge in [-0.05, 0) is 59.3 Å². The van der Waals surface area contributed by atoms with Crippen LogP contribution in [0.2, 0.25) is 0 Å². The molecule has 30 heavy (non-hydrogen) atoms. The molecular weight excluding hydrogens is 378 g/mol. The van der Waals surface area contributed by atoms with Crippen LogP contribution in [0.3, 0.4) is 0 Å². The zero-order valence-electron chi connectivity index (χ0n) is 17.2. The highest BCUT2D eigenvalue weighted by molar-refractivity contribution is 5.82. The molecule has 0 spiro atoms. The molecule has 4 unspecified atom stereocenters. The molecular formula is C25H27NO4. The number of amides is 1. The van der Waals surface area contributed by atoms with Gasteiger partial charge < -0.3 is 14.8 Å². The van der Waals surface area contributed by atoms with Gasteiger partial charge in [0.25, 0.3) is 0 Å². The van der Waals surface area contributed by atoms with Crippen LogP contribution in [0, 0.1) is 17.8 Å². The molecule has 2 bridgehead atoms. The highest BCUT2D eigenvalue weighted by Crippen LogP contribution is 2.50. The van der Waals surface area contributed by atoms with Gasteiger partial charge in [0.15, 0.2) is 0 Å². The summed E-state index contributed by atoms with van der Waals surface area (Å²) in [6, 6.07) is 15.9. The lowest BCUT2D eigenvalue weighted by molar-refractivity contribution is -0.145. The molecule has 0 aliphatic heterocycles. The number of ether oxygens (including phenoxy) is 2. The molecule has 2 fully saturated rings. The Morgan fingerprint density at radius 1 is 1.00 bits per heavy atom. The highest BCUT2D eigenvalue weighted by Gasteiger charge is 2.46. The summed E-state index contributed by atoms with van der Waals surface area (Å²) in [6.45, 7) is 0.241. The largest absolute Gasteiger partial charge is 0.467 e. The third-order valence-electron chi connectivity index (χ3n) is 7.29. The van der Waals surface area contributed by atoms with E-state index in [1.54, 1.807) is 0 Å². The zero-order chi connectivity index (χ0) is 20.7. The van der Waals surface area contributed by atoms with Crippen molar-refractivity contribution in [3.05, 3.63) is 59.7 Å². The quantitative estimate of drug-likeness (QED) is 0.744. The third-order valence-corrected chi connectivity index (χ3v) is 7.29. The predicted octanol–water partition coefficient (Wildman–Crippen LogP) is 4.50. The van der Waals surface area contributed by atoms with Crippen molar-refractivity contribution >= 4 is 12.1 Å². The molecule has 2 saturated carbocycles. The molecule has 0 aromatic heterocycles. The first-order valence-electron chi connectivity index (χ1n) is 10.8. The van der Waals surface area contributed by atoms with E-state index in [1.807, 2.05) is 24.3 Å². The van der Waals surface area contributed by atoms with Crippen LogP contribution in [0.25, 0.3) is 11.1 Å². The second-order valence-corrected chi connectivity index (χ2v) is 8.81. The number of fused-ring (bicyclic) bond motifs is 5. The maximum absolute atomic E-state index is 12.7. The average molecular weight is 405 g/mol. The number of rotatable bonds is 5. The molecule has 0 saturated heterocycles. The Bertz CT molecular complexity index is 926. The van der Waals surface area contributed by atoms with Crippen molar-refractivity contribution < 1.29 is 19.1 Å². The van der Waals surface area contributed by atoms with Gasteiger partial charge in [0, 0.05) is 5.92 Å². The van der Waals surface area contributed by atoms with Crippen LogP contribution in [0.4, 0.5) is 4.79 Å². The SMILES string of the molecule is COC(=O)C(NC(=O)OCC1c2ccccc2-c2ccccc21)C1CC2CCC1C2. The first-order chi connectivity index (χ1) is 14.7. The smallest absolute Gasteiger partial charge is 0.407 e. The summed E-state index contributed by atoms with van der Waals surface area (Å²) < 4.78 is 10.6. The first kappa shape index (κ1) is 19.2. The number of nitrogens with one attached hydrogen (secondary N) is 1. The van der Waals surface area contributed by atoms with Crippen LogP contribution in [-0.4, -0.2) is 31.8 Å². The molecule has 3 aliphatic carbocycles. The van der Waals surface area contributed by atoms with E-state index in [-0.39, 0.29) is 24.4 Å². The third kappa shape index (κ3) is 3.26. The van der Waals surface area contributed by atoms with E-state index in [9.17, 15) is 9.59 Å². The summed E-state index contributed by atoms with van der Waals surface area (Å²) in [5.41, 5.74) is 4.72. The fourth-order valence-corrected chi connectivity index (χ4v) is 5.94. The maximum Gasteiger partial charge on any atom is 0.407 e. The Morgan fingerprint density at radius 2 is 1.67 bits per heavy atom. The molecule has 1 N–H and O–H groups in total. The van der Waals surface area contributed by atoms with Gasteiger partial charge in [0.2, 0.25) is 0 Å². The number of carbonyl (C=O) groups is 2. The number of esters is 1. The van der Waals surface area contributed by atoms with Crippen molar-refractivity contribution in [3.8, 4) is 11.1 Å². The summed E-state index contributed by atoms with van der Waals surface area (Å²) in [4.78, 5) is 25.1. The van der Waals surface area contributed by atoms with Gasteiger partial charge in [0.1, 0.15) is 12.6 Å². The molecule has 0 radical (unpaired) electrons. The molecule has 3 aliphatic rings. The number of methoxy groups -OCH3 is 1. The lowest BCUT2D eigenvalue weighted by Gasteiger charge is -2.29. The Morgan fingerprint density at radius 3 is 2.23 bits per heavy atom. The van der Waals surface area contributed by atoms with Crippen molar-refractivity contribution in [1.29, 1.82) is 0 Å². The van der Waals surface area contributed by atoms with Crippen LogP contribution in [0.15, 0.2) is 48.5 Å². The summed E-state index contributed by atoms with van der Waals surface area (Å²) in [7, 11) is 1.38. The highest BCUT2D eigenvalue weighted by atomic mass is 16.6. The van der Waals surface area contributed by atoms with Gasteiger partial charge in [-0.3, -0.25) is 0 Å². The lowest BCUT2D eigenvalue weighted by Crippen LogP contribution is -2.48. The van der Waals surface area contributed by atoms with E-state index in [0.717, 1.165) is 19.3 Å². The van der Waals surface area contributed by atoms with E-state index < -0.39 is 12.1 Å².